The van der Waals surface area contributed by atoms with Gasteiger partial charge in [0, 0.05) is 25.6 Å². The summed E-state index contributed by atoms with van der Waals surface area (Å²) < 4.78 is 9.28. The molecule has 9 aromatic rings. The third-order valence-electron chi connectivity index (χ3n) is 8.29. The first-order valence-corrected chi connectivity index (χ1v) is 15.2. The van der Waals surface area contributed by atoms with Crippen LogP contribution in [0.5, 0.6) is 0 Å². The van der Waals surface area contributed by atoms with Crippen LogP contribution in [0, 0.1) is 0 Å². The maximum absolute atomic E-state index is 6.68. The SMILES string of the molecule is c1ccc(N(c2cccc(-c3cccc4sc5ccccc5c34)c2)c2nc3ccc4c5ccccc5ccc4c3o2)cc1. The van der Waals surface area contributed by atoms with Crippen LogP contribution in [-0.4, -0.2) is 4.98 Å². The molecule has 0 fully saturated rings. The normalized spacial score (nSPS) is 11.7. The molecule has 7 aromatic carbocycles. The van der Waals surface area contributed by atoms with E-state index in [0.29, 0.717) is 6.01 Å². The molecular weight excluding hydrogens is 545 g/mol. The lowest BCUT2D eigenvalue weighted by molar-refractivity contribution is 0.611. The monoisotopic (exact) mass is 568 g/mol. The van der Waals surface area contributed by atoms with Crippen LogP contribution in [0.4, 0.5) is 17.4 Å². The van der Waals surface area contributed by atoms with Gasteiger partial charge in [-0.1, -0.05) is 97.1 Å². The van der Waals surface area contributed by atoms with E-state index in [-0.39, 0.29) is 0 Å². The zero-order valence-electron chi connectivity index (χ0n) is 23.1. The van der Waals surface area contributed by atoms with Crippen LogP contribution < -0.4 is 4.90 Å². The van der Waals surface area contributed by atoms with Crippen LogP contribution in [0.15, 0.2) is 150 Å². The summed E-state index contributed by atoms with van der Waals surface area (Å²) in [6, 6.07) is 51.8. The lowest BCUT2D eigenvalue weighted by Crippen LogP contribution is -2.10. The fourth-order valence-corrected chi connectivity index (χ4v) is 7.46. The van der Waals surface area contributed by atoms with Crippen molar-refractivity contribution in [1.82, 2.24) is 4.98 Å². The van der Waals surface area contributed by atoms with Gasteiger partial charge in [0.2, 0.25) is 0 Å². The summed E-state index contributed by atoms with van der Waals surface area (Å²) in [5.41, 5.74) is 5.98. The molecule has 0 spiro atoms. The van der Waals surface area contributed by atoms with E-state index in [2.05, 4.69) is 144 Å². The third kappa shape index (κ3) is 3.84. The largest absolute Gasteiger partial charge is 0.422 e. The van der Waals surface area contributed by atoms with E-state index in [4.69, 9.17) is 9.40 Å². The predicted molar refractivity (Wildman–Crippen MR) is 182 cm³/mol. The Balaban J connectivity index is 1.25. The summed E-state index contributed by atoms with van der Waals surface area (Å²) >= 11 is 1.84. The molecular formula is C39H24N2OS. The Hall–Kier alpha value is -5.45. The van der Waals surface area contributed by atoms with Crippen molar-refractivity contribution in [2.45, 2.75) is 0 Å². The van der Waals surface area contributed by atoms with Crippen molar-refractivity contribution in [3.63, 3.8) is 0 Å². The number of nitrogens with zero attached hydrogens (tertiary/aromatic N) is 2. The molecule has 0 saturated carbocycles. The number of para-hydroxylation sites is 1. The summed E-state index contributed by atoms with van der Waals surface area (Å²) in [6.07, 6.45) is 0. The van der Waals surface area contributed by atoms with Crippen molar-refractivity contribution in [3.8, 4) is 11.1 Å². The molecule has 0 unspecified atom stereocenters. The lowest BCUT2D eigenvalue weighted by atomic mass is 9.99. The van der Waals surface area contributed by atoms with Crippen molar-refractivity contribution in [2.24, 2.45) is 0 Å². The number of fused-ring (bicyclic) bond motifs is 8. The molecule has 2 heterocycles. The number of benzene rings is 7. The number of thiophene rings is 1. The van der Waals surface area contributed by atoms with Crippen LogP contribution in [0.3, 0.4) is 0 Å². The van der Waals surface area contributed by atoms with Gasteiger partial charge >= 0.3 is 6.01 Å². The van der Waals surface area contributed by atoms with E-state index in [0.717, 1.165) is 38.8 Å². The molecule has 4 heteroatoms. The molecule has 0 aliphatic carbocycles. The average molecular weight is 569 g/mol. The molecule has 0 amide bonds. The molecule has 0 bridgehead atoms. The second-order valence-electron chi connectivity index (χ2n) is 10.8. The van der Waals surface area contributed by atoms with Gasteiger partial charge in [-0.15, -0.1) is 11.3 Å². The first-order valence-electron chi connectivity index (χ1n) is 14.4. The fraction of sp³-hybridized carbons (Fsp3) is 0. The number of hydrogen-bond donors (Lipinski definition) is 0. The number of oxazole rings is 1. The molecule has 2 aromatic heterocycles. The molecule has 9 rings (SSSR count). The molecule has 3 nitrogen and oxygen atoms in total. The summed E-state index contributed by atoms with van der Waals surface area (Å²) in [4.78, 5) is 7.16. The minimum atomic E-state index is 0.540. The topological polar surface area (TPSA) is 29.3 Å². The fourth-order valence-electron chi connectivity index (χ4n) is 6.33. The molecule has 0 aliphatic heterocycles. The highest BCUT2D eigenvalue weighted by Gasteiger charge is 2.21. The van der Waals surface area contributed by atoms with Crippen molar-refractivity contribution < 1.29 is 4.42 Å². The quantitative estimate of drug-likeness (QED) is 0.198. The van der Waals surface area contributed by atoms with Crippen molar-refractivity contribution in [2.75, 3.05) is 4.90 Å². The van der Waals surface area contributed by atoms with Crippen molar-refractivity contribution in [3.05, 3.63) is 146 Å². The summed E-state index contributed by atoms with van der Waals surface area (Å²) in [5.74, 6) is 0. The van der Waals surface area contributed by atoms with E-state index in [1.807, 2.05) is 17.4 Å². The van der Waals surface area contributed by atoms with Crippen molar-refractivity contribution in [1.29, 1.82) is 0 Å². The van der Waals surface area contributed by atoms with Gasteiger partial charge in [-0.2, -0.15) is 4.98 Å². The highest BCUT2D eigenvalue weighted by Crippen LogP contribution is 2.43. The van der Waals surface area contributed by atoms with Gasteiger partial charge in [-0.3, -0.25) is 4.90 Å². The molecule has 0 radical (unpaired) electrons. The van der Waals surface area contributed by atoms with E-state index >= 15 is 0 Å². The Bertz CT molecular complexity index is 2470. The average Bonchev–Trinajstić information content (AvgIpc) is 3.67. The van der Waals surface area contributed by atoms with Crippen LogP contribution in [0.2, 0.25) is 0 Å². The van der Waals surface area contributed by atoms with Gasteiger partial charge in [0.05, 0.1) is 11.4 Å². The molecule has 43 heavy (non-hydrogen) atoms. The Morgan fingerprint density at radius 1 is 0.535 bits per heavy atom. The van der Waals surface area contributed by atoms with Crippen LogP contribution >= 0.6 is 11.3 Å². The maximum Gasteiger partial charge on any atom is 0.307 e. The van der Waals surface area contributed by atoms with Gasteiger partial charge in [0.15, 0.2) is 5.58 Å². The number of hydrogen-bond acceptors (Lipinski definition) is 4. The van der Waals surface area contributed by atoms with Gasteiger partial charge in [0.25, 0.3) is 0 Å². The lowest BCUT2D eigenvalue weighted by Gasteiger charge is -2.21. The van der Waals surface area contributed by atoms with E-state index in [9.17, 15) is 0 Å². The minimum absolute atomic E-state index is 0.540. The summed E-state index contributed by atoms with van der Waals surface area (Å²) in [5, 5.41) is 7.24. The van der Waals surface area contributed by atoms with Crippen LogP contribution in [0.25, 0.3) is 63.9 Å². The zero-order chi connectivity index (χ0) is 28.3. The van der Waals surface area contributed by atoms with E-state index in [1.54, 1.807) is 0 Å². The Morgan fingerprint density at radius 3 is 2.21 bits per heavy atom. The standard InChI is InChI=1S/C39H24N2OS/c1-2-12-27(13-3-1)41(39-40-34-23-22-31-29-15-5-4-10-25(29)20-21-32(31)38(34)42-39)28-14-8-11-26(24-28)30-17-9-19-36-37(30)33-16-6-7-18-35(33)43-36/h1-24H. The first kappa shape index (κ1) is 24.2. The molecule has 0 saturated heterocycles. The van der Waals surface area contributed by atoms with E-state index < -0.39 is 0 Å². The molecule has 0 atom stereocenters. The number of anilines is 3. The van der Waals surface area contributed by atoms with Gasteiger partial charge in [0.1, 0.15) is 5.52 Å². The van der Waals surface area contributed by atoms with Crippen LogP contribution in [0.1, 0.15) is 0 Å². The predicted octanol–water partition coefficient (Wildman–Crippen LogP) is 11.6. The Morgan fingerprint density at radius 2 is 1.28 bits per heavy atom. The Labute approximate surface area is 251 Å². The minimum Gasteiger partial charge on any atom is -0.422 e. The number of aromatic nitrogens is 1. The van der Waals surface area contributed by atoms with Crippen molar-refractivity contribution >= 4 is 81.5 Å². The highest BCUT2D eigenvalue weighted by molar-refractivity contribution is 7.25. The number of rotatable bonds is 4. The highest BCUT2D eigenvalue weighted by atomic mass is 32.1. The molecule has 202 valence electrons. The van der Waals surface area contributed by atoms with Crippen LogP contribution in [-0.2, 0) is 0 Å². The second-order valence-corrected chi connectivity index (χ2v) is 11.9. The van der Waals surface area contributed by atoms with Gasteiger partial charge in [-0.05, 0) is 75.8 Å². The second kappa shape index (κ2) is 9.55. The van der Waals surface area contributed by atoms with Gasteiger partial charge in [-0.25, -0.2) is 0 Å². The third-order valence-corrected chi connectivity index (χ3v) is 9.42. The Kier molecular flexibility index (Phi) is 5.37. The first-order chi connectivity index (χ1) is 21.3. The van der Waals surface area contributed by atoms with E-state index in [1.165, 1.54) is 36.5 Å². The molecule has 0 aliphatic rings. The summed E-state index contributed by atoms with van der Waals surface area (Å²) in [6.45, 7) is 0. The molecule has 0 N–H and O–H groups in total. The zero-order valence-corrected chi connectivity index (χ0v) is 23.9. The maximum atomic E-state index is 6.68. The smallest absolute Gasteiger partial charge is 0.307 e. The summed E-state index contributed by atoms with van der Waals surface area (Å²) in [7, 11) is 0. The van der Waals surface area contributed by atoms with Gasteiger partial charge < -0.3 is 4.42 Å².